The molecular formula is C61H75N2O5. The summed E-state index contributed by atoms with van der Waals surface area (Å²) in [7, 11) is 2.04. The van der Waals surface area contributed by atoms with Crippen LogP contribution in [0.4, 0.5) is 10.5 Å². The number of carbonyl (C=O) groups is 3. The summed E-state index contributed by atoms with van der Waals surface area (Å²) in [6.45, 7) is 12.5. The van der Waals surface area contributed by atoms with Crippen LogP contribution >= 0.6 is 0 Å². The first-order valence-electron chi connectivity index (χ1n) is 26.9. The fourth-order valence-corrected chi connectivity index (χ4v) is 16.8. The van der Waals surface area contributed by atoms with Crippen LogP contribution in [0.3, 0.4) is 0 Å². The molecule has 8 atom stereocenters. The lowest BCUT2D eigenvalue weighted by Gasteiger charge is -2.58. The number of hydrogen-bond acceptors (Lipinski definition) is 5. The van der Waals surface area contributed by atoms with Crippen LogP contribution in [-0.2, 0) is 27.8 Å². The third-order valence-electron chi connectivity index (χ3n) is 19.9. The molecule has 7 nitrogen and oxygen atoms in total. The van der Waals surface area contributed by atoms with E-state index >= 15 is 0 Å². The van der Waals surface area contributed by atoms with E-state index in [9.17, 15) is 14.4 Å². The van der Waals surface area contributed by atoms with E-state index in [4.69, 9.17) is 9.47 Å². The lowest BCUT2D eigenvalue weighted by Crippen LogP contribution is -2.51. The number of allylic oxidation sites excluding steroid dienone is 3. The monoisotopic (exact) mass is 916 g/mol. The van der Waals surface area contributed by atoms with Crippen molar-refractivity contribution >= 4 is 23.7 Å². The molecule has 8 aliphatic carbocycles. The highest BCUT2D eigenvalue weighted by atomic mass is 16.7. The third kappa shape index (κ3) is 8.07. The molecule has 68 heavy (non-hydrogen) atoms. The Morgan fingerprint density at radius 1 is 0.868 bits per heavy atom. The number of aromatic nitrogens is 1. The van der Waals surface area contributed by atoms with Gasteiger partial charge in [0.05, 0.1) is 11.3 Å². The molecule has 359 valence electrons. The van der Waals surface area contributed by atoms with E-state index < -0.39 is 6.16 Å². The summed E-state index contributed by atoms with van der Waals surface area (Å²) in [5, 5.41) is 0. The van der Waals surface area contributed by atoms with E-state index in [2.05, 4.69) is 75.7 Å². The van der Waals surface area contributed by atoms with Crippen LogP contribution in [0.2, 0.25) is 0 Å². The Bertz CT molecular complexity index is 2500. The van der Waals surface area contributed by atoms with Crippen LogP contribution in [0.5, 0.6) is 5.75 Å². The Hall–Kier alpha value is -4.65. The Morgan fingerprint density at radius 2 is 1.60 bits per heavy atom. The van der Waals surface area contributed by atoms with Crippen molar-refractivity contribution < 1.29 is 23.9 Å². The average Bonchev–Trinajstić information content (AvgIpc) is 3.95. The van der Waals surface area contributed by atoms with Gasteiger partial charge in [-0.1, -0.05) is 101 Å². The predicted octanol–water partition coefficient (Wildman–Crippen LogP) is 14.2. The van der Waals surface area contributed by atoms with Crippen LogP contribution in [0.15, 0.2) is 95.2 Å². The van der Waals surface area contributed by atoms with Crippen LogP contribution in [0, 0.1) is 76.1 Å². The van der Waals surface area contributed by atoms with Gasteiger partial charge in [0, 0.05) is 30.9 Å². The number of ether oxygens (including phenoxy) is 2. The van der Waals surface area contributed by atoms with Crippen molar-refractivity contribution in [3.05, 3.63) is 107 Å². The van der Waals surface area contributed by atoms with Gasteiger partial charge >= 0.3 is 6.16 Å². The lowest BCUT2D eigenvalue weighted by atomic mass is 9.47. The number of rotatable bonds is 11. The zero-order valence-corrected chi connectivity index (χ0v) is 41.7. The molecule has 7 heteroatoms. The molecule has 8 unspecified atom stereocenters. The Morgan fingerprint density at radius 3 is 2.32 bits per heavy atom. The van der Waals surface area contributed by atoms with Crippen molar-refractivity contribution in [2.45, 2.75) is 150 Å². The number of carbonyl (C=O) groups excluding carboxylic acids is 3. The van der Waals surface area contributed by atoms with Crippen molar-refractivity contribution in [1.29, 1.82) is 0 Å². The lowest BCUT2D eigenvalue weighted by molar-refractivity contribution is -0.119. The topological polar surface area (TPSA) is 77.8 Å². The molecule has 0 spiro atoms. The number of benzene rings is 2. The standard InChI is InChI=1S/C61H75N2O5/c1-37(2)11-10-12-38(3)51-23-24-52-49-22-16-45-35-48(25-27-60(45,4)53(49)26-28-61(51,52)5)68-59(66)67-47-19-17-46(18-20-47)63-57(64)50(21-15-39-34-54(62(6)36-39)42-13-8-7-9-14-42)56(58(63)65)55-43-30-40-29-41(32-43)33-44(55)31-40/h8-9,13-14,16-21,34,36-38,40-41,43-44,48-49,51-53H,10-12,15,22-33,35H2,1-6H3. The summed E-state index contributed by atoms with van der Waals surface area (Å²) in [5.41, 5.74) is 8.29. The zero-order valence-electron chi connectivity index (χ0n) is 41.7. The Labute approximate surface area is 406 Å². The highest BCUT2D eigenvalue weighted by Crippen LogP contribution is 2.67. The molecular weight excluding hydrogens is 841 g/mol. The molecule has 12 rings (SSSR count). The number of fused-ring (bicyclic) bond motifs is 5. The van der Waals surface area contributed by atoms with E-state index in [0.717, 1.165) is 110 Å². The molecule has 7 saturated carbocycles. The summed E-state index contributed by atoms with van der Waals surface area (Å²) in [6.07, 6.45) is 25.5. The molecule has 2 heterocycles. The smallest absolute Gasteiger partial charge is 0.430 e. The van der Waals surface area contributed by atoms with Crippen molar-refractivity contribution in [3.8, 4) is 17.0 Å². The molecule has 9 aliphatic rings. The van der Waals surface area contributed by atoms with E-state index in [1.54, 1.807) is 24.3 Å². The highest BCUT2D eigenvalue weighted by molar-refractivity contribution is 6.37. The largest absolute Gasteiger partial charge is 0.514 e. The fourth-order valence-electron chi connectivity index (χ4n) is 16.8. The van der Waals surface area contributed by atoms with Gasteiger partial charge in [-0.3, -0.25) is 9.59 Å². The van der Waals surface area contributed by atoms with E-state index in [1.807, 2.05) is 25.3 Å². The van der Waals surface area contributed by atoms with Crippen molar-refractivity contribution in [2.24, 2.45) is 77.1 Å². The summed E-state index contributed by atoms with van der Waals surface area (Å²) in [5.74, 6) is 6.78. The van der Waals surface area contributed by atoms with E-state index in [0.29, 0.717) is 52.2 Å². The SMILES string of the molecule is CC(C)CCCC(C)C1CCC2C3CC=C4CC(OC(=O)Oc5ccc(N6C(=O)C(=CCc7cc(-c8cc[c]cc8)n(C)c7)C(=C7C8CC9CC(C8)CC7C9)C6=O)cc5)CCC4(C)C3CCC12C. The van der Waals surface area contributed by atoms with Crippen molar-refractivity contribution in [1.82, 2.24) is 4.57 Å². The quantitative estimate of drug-likeness (QED) is 0.0629. The average molecular weight is 916 g/mol. The van der Waals surface area contributed by atoms with Gasteiger partial charge < -0.3 is 14.0 Å². The second kappa shape index (κ2) is 17.9. The maximum absolute atomic E-state index is 14.7. The van der Waals surface area contributed by atoms with Gasteiger partial charge in [0.25, 0.3) is 11.8 Å². The number of aryl methyl sites for hydroxylation is 1. The maximum Gasteiger partial charge on any atom is 0.514 e. The first-order valence-corrected chi connectivity index (χ1v) is 26.9. The first-order chi connectivity index (χ1) is 32.8. The normalized spacial score (nSPS) is 34.9. The van der Waals surface area contributed by atoms with Gasteiger partial charge in [-0.2, -0.15) is 0 Å². The summed E-state index contributed by atoms with van der Waals surface area (Å²) in [6, 6.07) is 20.0. The molecule has 2 amide bonds. The molecule has 1 aromatic heterocycles. The second-order valence-electron chi connectivity index (χ2n) is 24.2. The first kappa shape index (κ1) is 45.8. The van der Waals surface area contributed by atoms with Crippen LogP contribution in [-0.4, -0.2) is 28.6 Å². The number of imide groups is 1. The van der Waals surface area contributed by atoms with Gasteiger partial charge in [-0.25, -0.2) is 9.69 Å². The summed E-state index contributed by atoms with van der Waals surface area (Å²) in [4.78, 5) is 44.1. The zero-order chi connectivity index (χ0) is 47.1. The van der Waals surface area contributed by atoms with Crippen LogP contribution in [0.25, 0.3) is 11.3 Å². The van der Waals surface area contributed by atoms with Gasteiger partial charge in [-0.15, -0.1) is 0 Å². The Kier molecular flexibility index (Phi) is 12.1. The number of anilines is 1. The molecule has 3 aromatic rings. The van der Waals surface area contributed by atoms with Gasteiger partial charge in [-0.05, 0) is 201 Å². The highest BCUT2D eigenvalue weighted by Gasteiger charge is 2.59. The summed E-state index contributed by atoms with van der Waals surface area (Å²) < 4.78 is 14.0. The number of hydrogen-bond donors (Lipinski definition) is 0. The molecule has 1 radical (unpaired) electrons. The van der Waals surface area contributed by atoms with Crippen LogP contribution < -0.4 is 9.64 Å². The fraction of sp³-hybridized carbons (Fsp3) is 0.590. The van der Waals surface area contributed by atoms with Gasteiger partial charge in [0.1, 0.15) is 11.9 Å². The second-order valence-corrected chi connectivity index (χ2v) is 24.2. The molecule has 1 aliphatic heterocycles. The van der Waals surface area contributed by atoms with E-state index in [1.165, 1.54) is 67.4 Å². The minimum absolute atomic E-state index is 0.169. The maximum atomic E-state index is 14.7. The predicted molar refractivity (Wildman–Crippen MR) is 268 cm³/mol. The van der Waals surface area contributed by atoms with Crippen LogP contribution in [0.1, 0.15) is 143 Å². The van der Waals surface area contributed by atoms with Gasteiger partial charge in [0.15, 0.2) is 0 Å². The molecule has 2 aromatic carbocycles. The van der Waals surface area contributed by atoms with Gasteiger partial charge in [0.2, 0.25) is 0 Å². The minimum Gasteiger partial charge on any atom is -0.430 e. The molecule has 0 N–H and O–H groups in total. The molecule has 4 bridgehead atoms. The van der Waals surface area contributed by atoms with E-state index in [-0.39, 0.29) is 23.3 Å². The number of amides is 2. The minimum atomic E-state index is -0.698. The third-order valence-corrected chi connectivity index (χ3v) is 19.9. The number of nitrogens with zero attached hydrogens (tertiary/aromatic N) is 2. The molecule has 1 saturated heterocycles. The van der Waals surface area contributed by atoms with Crippen molar-refractivity contribution in [2.75, 3.05) is 4.90 Å². The Balaban J connectivity index is 0.755. The molecule has 8 fully saturated rings. The summed E-state index contributed by atoms with van der Waals surface area (Å²) >= 11 is 0. The van der Waals surface area contributed by atoms with Crippen molar-refractivity contribution in [3.63, 3.8) is 0 Å².